The lowest BCUT2D eigenvalue weighted by Gasteiger charge is -2.12. The number of amides is 2. The summed E-state index contributed by atoms with van der Waals surface area (Å²) in [4.78, 5) is 11.1. The number of hydrogen-bond donors (Lipinski definition) is 3. The van der Waals surface area contributed by atoms with Crippen molar-refractivity contribution < 1.29 is 14.6 Å². The number of urea groups is 1. The lowest BCUT2D eigenvalue weighted by atomic mass is 10.3. The molecule has 0 spiro atoms. The summed E-state index contributed by atoms with van der Waals surface area (Å²) in [7, 11) is 1.53. The molecule has 2 amide bonds. The van der Waals surface area contributed by atoms with Gasteiger partial charge in [-0.2, -0.15) is 0 Å². The highest BCUT2D eigenvalue weighted by molar-refractivity contribution is 5.73. The van der Waals surface area contributed by atoms with E-state index in [1.165, 1.54) is 7.11 Å². The Morgan fingerprint density at radius 2 is 2.14 bits per heavy atom. The van der Waals surface area contributed by atoms with E-state index in [2.05, 4.69) is 10.6 Å². The minimum Gasteiger partial charge on any atom is -0.391 e. The predicted molar refractivity (Wildman–Crippen MR) is 54.2 cm³/mol. The van der Waals surface area contributed by atoms with Crippen LogP contribution in [0.5, 0.6) is 0 Å². The summed E-state index contributed by atoms with van der Waals surface area (Å²) in [6, 6.07) is -0.0801. The van der Waals surface area contributed by atoms with Crippen LogP contribution in [0.15, 0.2) is 0 Å². The Morgan fingerprint density at radius 3 is 2.64 bits per heavy atom. The number of rotatable bonds is 6. The smallest absolute Gasteiger partial charge is 0.314 e. The van der Waals surface area contributed by atoms with Crippen molar-refractivity contribution in [3.05, 3.63) is 0 Å². The van der Waals surface area contributed by atoms with Crippen molar-refractivity contribution in [1.29, 1.82) is 0 Å². The van der Waals surface area contributed by atoms with Gasteiger partial charge < -0.3 is 20.5 Å². The molecule has 1 atom stereocenters. The molecule has 3 N–H and O–H groups in total. The van der Waals surface area contributed by atoms with E-state index in [0.717, 1.165) is 0 Å². The first-order valence-corrected chi connectivity index (χ1v) is 4.77. The Labute approximate surface area is 84.8 Å². The van der Waals surface area contributed by atoms with Gasteiger partial charge in [0.25, 0.3) is 0 Å². The number of aliphatic hydroxyl groups excluding tert-OH is 1. The van der Waals surface area contributed by atoms with Gasteiger partial charge in [0, 0.05) is 19.7 Å². The fourth-order valence-electron chi connectivity index (χ4n) is 0.941. The van der Waals surface area contributed by atoms with Crippen LogP contribution in [0.3, 0.4) is 0 Å². The van der Waals surface area contributed by atoms with Gasteiger partial charge in [-0.3, -0.25) is 0 Å². The summed E-state index contributed by atoms with van der Waals surface area (Å²) in [5.41, 5.74) is 0. The number of aliphatic hydroxyl groups is 1. The van der Waals surface area contributed by atoms with Crippen molar-refractivity contribution in [3.8, 4) is 0 Å². The lowest BCUT2D eigenvalue weighted by Crippen LogP contribution is -2.40. The van der Waals surface area contributed by atoms with Gasteiger partial charge in [-0.05, 0) is 20.3 Å². The molecule has 0 radical (unpaired) electrons. The molecule has 5 nitrogen and oxygen atoms in total. The van der Waals surface area contributed by atoms with Gasteiger partial charge in [-0.25, -0.2) is 4.79 Å². The fraction of sp³-hybridized carbons (Fsp3) is 0.889. The quantitative estimate of drug-likeness (QED) is 0.574. The molecule has 0 heterocycles. The van der Waals surface area contributed by atoms with E-state index in [9.17, 15) is 9.90 Å². The maximum absolute atomic E-state index is 11.1. The van der Waals surface area contributed by atoms with Crippen LogP contribution in [0.2, 0.25) is 0 Å². The standard InChI is InChI=1S/C9H20N2O3/c1-7(2)11-9(13)10-5-4-8(12)6-14-3/h7-8,12H,4-6H2,1-3H3,(H2,10,11,13). The maximum atomic E-state index is 11.1. The molecule has 0 saturated carbocycles. The summed E-state index contributed by atoms with van der Waals surface area (Å²) in [6.45, 7) is 4.52. The summed E-state index contributed by atoms with van der Waals surface area (Å²) in [5.74, 6) is 0. The summed E-state index contributed by atoms with van der Waals surface area (Å²) in [5, 5.41) is 14.6. The third kappa shape index (κ3) is 7.82. The number of carbonyl (C=O) groups is 1. The van der Waals surface area contributed by atoms with Gasteiger partial charge in [-0.15, -0.1) is 0 Å². The van der Waals surface area contributed by atoms with E-state index in [0.29, 0.717) is 19.6 Å². The van der Waals surface area contributed by atoms with Crippen LogP contribution in [0.25, 0.3) is 0 Å². The molecule has 84 valence electrons. The first kappa shape index (κ1) is 13.2. The SMILES string of the molecule is COCC(O)CCNC(=O)NC(C)C. The molecule has 14 heavy (non-hydrogen) atoms. The summed E-state index contributed by atoms with van der Waals surface area (Å²) >= 11 is 0. The molecule has 0 aromatic heterocycles. The van der Waals surface area contributed by atoms with E-state index in [1.54, 1.807) is 0 Å². The molecule has 0 aromatic rings. The second-order valence-electron chi connectivity index (χ2n) is 3.45. The van der Waals surface area contributed by atoms with Crippen LogP contribution in [-0.4, -0.2) is 43.5 Å². The molecule has 0 rings (SSSR count). The lowest BCUT2D eigenvalue weighted by molar-refractivity contribution is 0.0598. The highest BCUT2D eigenvalue weighted by atomic mass is 16.5. The van der Waals surface area contributed by atoms with Gasteiger partial charge in [0.1, 0.15) is 0 Å². The largest absolute Gasteiger partial charge is 0.391 e. The molecule has 0 bridgehead atoms. The zero-order valence-electron chi connectivity index (χ0n) is 9.04. The molecule has 0 aromatic carbocycles. The summed E-state index contributed by atoms with van der Waals surface area (Å²) < 4.78 is 4.75. The van der Waals surface area contributed by atoms with Crippen LogP contribution in [-0.2, 0) is 4.74 Å². The molecule has 1 unspecified atom stereocenters. The monoisotopic (exact) mass is 204 g/mol. The number of nitrogens with one attached hydrogen (secondary N) is 2. The Kier molecular flexibility index (Phi) is 7.14. The van der Waals surface area contributed by atoms with Gasteiger partial charge in [-0.1, -0.05) is 0 Å². The highest BCUT2D eigenvalue weighted by Gasteiger charge is 2.05. The number of ether oxygens (including phenoxy) is 1. The molecule has 0 fully saturated rings. The fourth-order valence-corrected chi connectivity index (χ4v) is 0.941. The third-order valence-electron chi connectivity index (χ3n) is 1.54. The van der Waals surface area contributed by atoms with E-state index in [1.807, 2.05) is 13.8 Å². The Bertz CT molecular complexity index is 162. The number of methoxy groups -OCH3 is 1. The highest BCUT2D eigenvalue weighted by Crippen LogP contribution is 1.89. The first-order chi connectivity index (χ1) is 6.56. The van der Waals surface area contributed by atoms with E-state index in [-0.39, 0.29) is 12.1 Å². The molecule has 0 aliphatic rings. The average molecular weight is 204 g/mol. The van der Waals surface area contributed by atoms with Crippen molar-refractivity contribution in [3.63, 3.8) is 0 Å². The second kappa shape index (κ2) is 7.58. The van der Waals surface area contributed by atoms with E-state index < -0.39 is 6.10 Å². The molecule has 0 aliphatic heterocycles. The molecular weight excluding hydrogens is 184 g/mol. The average Bonchev–Trinajstić information content (AvgIpc) is 2.02. The van der Waals surface area contributed by atoms with Crippen LogP contribution in [0, 0.1) is 0 Å². The zero-order chi connectivity index (χ0) is 11.0. The number of hydrogen-bond acceptors (Lipinski definition) is 3. The van der Waals surface area contributed by atoms with Crippen molar-refractivity contribution in [2.24, 2.45) is 0 Å². The minimum absolute atomic E-state index is 0.124. The van der Waals surface area contributed by atoms with Crippen molar-refractivity contribution in [2.75, 3.05) is 20.3 Å². The molecule has 0 aliphatic carbocycles. The first-order valence-electron chi connectivity index (χ1n) is 4.77. The maximum Gasteiger partial charge on any atom is 0.314 e. The number of carbonyl (C=O) groups excluding carboxylic acids is 1. The molecule has 0 saturated heterocycles. The minimum atomic E-state index is -0.514. The topological polar surface area (TPSA) is 70.6 Å². The van der Waals surface area contributed by atoms with Crippen LogP contribution >= 0.6 is 0 Å². The summed E-state index contributed by atoms with van der Waals surface area (Å²) in [6.07, 6.45) is -0.0151. The van der Waals surface area contributed by atoms with E-state index >= 15 is 0 Å². The van der Waals surface area contributed by atoms with Gasteiger partial charge in [0.15, 0.2) is 0 Å². The van der Waals surface area contributed by atoms with Crippen molar-refractivity contribution >= 4 is 6.03 Å². The van der Waals surface area contributed by atoms with Crippen molar-refractivity contribution in [1.82, 2.24) is 10.6 Å². The van der Waals surface area contributed by atoms with Gasteiger partial charge in [0.05, 0.1) is 12.7 Å². The Morgan fingerprint density at radius 1 is 1.50 bits per heavy atom. The van der Waals surface area contributed by atoms with Gasteiger partial charge in [0.2, 0.25) is 0 Å². The van der Waals surface area contributed by atoms with E-state index in [4.69, 9.17) is 4.74 Å². The third-order valence-corrected chi connectivity index (χ3v) is 1.54. The molecule has 5 heteroatoms. The van der Waals surface area contributed by atoms with Gasteiger partial charge >= 0.3 is 6.03 Å². The second-order valence-corrected chi connectivity index (χ2v) is 3.45. The predicted octanol–water partition coefficient (Wildman–Crippen LogP) is 0.0914. The van der Waals surface area contributed by atoms with Crippen LogP contribution < -0.4 is 10.6 Å². The van der Waals surface area contributed by atoms with Crippen molar-refractivity contribution in [2.45, 2.75) is 32.4 Å². The Hall–Kier alpha value is -0.810. The Balaban J connectivity index is 3.39. The van der Waals surface area contributed by atoms with Crippen LogP contribution in [0.4, 0.5) is 4.79 Å². The normalized spacial score (nSPS) is 12.6. The molecular formula is C9H20N2O3. The van der Waals surface area contributed by atoms with Crippen LogP contribution in [0.1, 0.15) is 20.3 Å². The zero-order valence-corrected chi connectivity index (χ0v) is 9.04.